The molecular weight excluding hydrogens is 300 g/mol. The van der Waals surface area contributed by atoms with Crippen molar-refractivity contribution in [1.29, 1.82) is 0 Å². The van der Waals surface area contributed by atoms with Crippen LogP contribution in [0.15, 0.2) is 54.6 Å². The predicted molar refractivity (Wildman–Crippen MR) is 95.2 cm³/mol. The van der Waals surface area contributed by atoms with Crippen LogP contribution >= 0.6 is 0 Å². The molecular formula is C21H26O3. The molecule has 1 aliphatic rings. The predicted octanol–water partition coefficient (Wildman–Crippen LogP) is 4.16. The molecule has 0 aromatic heterocycles. The Balaban J connectivity index is 1.72. The lowest BCUT2D eigenvalue weighted by molar-refractivity contribution is -0.135. The van der Waals surface area contributed by atoms with Gasteiger partial charge in [-0.3, -0.25) is 0 Å². The Bertz CT molecular complexity index is 641. The minimum Gasteiger partial charge on any atom is -0.496 e. The van der Waals surface area contributed by atoms with E-state index in [4.69, 9.17) is 9.47 Å². The number of aliphatic hydroxyl groups excluding tert-OH is 1. The van der Waals surface area contributed by atoms with Gasteiger partial charge in [-0.1, -0.05) is 55.5 Å². The highest BCUT2D eigenvalue weighted by Crippen LogP contribution is 2.40. The Morgan fingerprint density at radius 1 is 1.08 bits per heavy atom. The van der Waals surface area contributed by atoms with Crippen molar-refractivity contribution >= 4 is 0 Å². The zero-order valence-electron chi connectivity index (χ0n) is 14.4. The standard InChI is InChI=1S/C21H26O3/c1-15-19(22)14-17(13-12-16-8-4-3-5-9-16)24-21(15)18-10-6-7-11-20(18)23-2/h3-11,15,17,19,21-22H,12-14H2,1-2H3/t15-,17-,19+,21-/m1/s1. The monoisotopic (exact) mass is 326 g/mol. The first-order chi connectivity index (χ1) is 11.7. The summed E-state index contributed by atoms with van der Waals surface area (Å²) in [5.74, 6) is 0.875. The number of rotatable bonds is 5. The normalized spacial score (nSPS) is 27.0. The Kier molecular flexibility index (Phi) is 5.54. The van der Waals surface area contributed by atoms with Gasteiger partial charge in [-0.2, -0.15) is 0 Å². The molecule has 2 aromatic carbocycles. The molecule has 128 valence electrons. The van der Waals surface area contributed by atoms with Gasteiger partial charge in [-0.05, 0) is 30.9 Å². The summed E-state index contributed by atoms with van der Waals surface area (Å²) in [5, 5.41) is 10.5. The van der Waals surface area contributed by atoms with Gasteiger partial charge in [-0.15, -0.1) is 0 Å². The summed E-state index contributed by atoms with van der Waals surface area (Å²) in [6.07, 6.45) is 2.15. The molecule has 1 saturated heterocycles. The highest BCUT2D eigenvalue weighted by molar-refractivity contribution is 5.36. The van der Waals surface area contributed by atoms with E-state index in [1.165, 1.54) is 5.56 Å². The number of hydrogen-bond donors (Lipinski definition) is 1. The zero-order chi connectivity index (χ0) is 16.9. The Labute approximate surface area is 144 Å². The summed E-state index contributed by atoms with van der Waals surface area (Å²) in [5.41, 5.74) is 2.33. The molecule has 0 aliphatic carbocycles. The van der Waals surface area contributed by atoms with Crippen LogP contribution in [0.25, 0.3) is 0 Å². The Hall–Kier alpha value is -1.84. The minimum absolute atomic E-state index is 0.0503. The fourth-order valence-corrected chi connectivity index (χ4v) is 3.49. The third kappa shape index (κ3) is 3.80. The van der Waals surface area contributed by atoms with Crippen LogP contribution in [0.2, 0.25) is 0 Å². The van der Waals surface area contributed by atoms with Crippen molar-refractivity contribution in [2.45, 2.75) is 44.5 Å². The van der Waals surface area contributed by atoms with E-state index < -0.39 is 0 Å². The van der Waals surface area contributed by atoms with Crippen LogP contribution in [0.5, 0.6) is 5.75 Å². The van der Waals surface area contributed by atoms with E-state index in [0.717, 1.165) is 24.2 Å². The van der Waals surface area contributed by atoms with E-state index in [1.54, 1.807) is 7.11 Å². The highest BCUT2D eigenvalue weighted by Gasteiger charge is 2.36. The third-order valence-electron chi connectivity index (χ3n) is 4.97. The van der Waals surface area contributed by atoms with E-state index in [2.05, 4.69) is 31.2 Å². The van der Waals surface area contributed by atoms with Gasteiger partial charge >= 0.3 is 0 Å². The average molecular weight is 326 g/mol. The molecule has 3 heteroatoms. The number of hydrogen-bond acceptors (Lipinski definition) is 3. The topological polar surface area (TPSA) is 38.7 Å². The lowest BCUT2D eigenvalue weighted by atomic mass is 9.85. The maximum absolute atomic E-state index is 10.5. The minimum atomic E-state index is -0.352. The zero-order valence-corrected chi connectivity index (χ0v) is 14.4. The molecule has 0 amide bonds. The third-order valence-corrected chi connectivity index (χ3v) is 4.97. The number of aryl methyl sites for hydroxylation is 1. The Morgan fingerprint density at radius 3 is 2.54 bits per heavy atom. The summed E-state index contributed by atoms with van der Waals surface area (Å²) < 4.78 is 11.9. The number of ether oxygens (including phenoxy) is 2. The van der Waals surface area contributed by atoms with E-state index in [-0.39, 0.29) is 24.2 Å². The van der Waals surface area contributed by atoms with Gasteiger partial charge in [0.25, 0.3) is 0 Å². The molecule has 0 radical (unpaired) electrons. The number of methoxy groups -OCH3 is 1. The van der Waals surface area contributed by atoms with Gasteiger partial charge in [0.05, 0.1) is 25.4 Å². The summed E-state index contributed by atoms with van der Waals surface area (Å²) in [6.45, 7) is 2.05. The van der Waals surface area contributed by atoms with Crippen molar-refractivity contribution in [3.63, 3.8) is 0 Å². The molecule has 3 rings (SSSR count). The maximum Gasteiger partial charge on any atom is 0.124 e. The first kappa shape index (κ1) is 17.0. The van der Waals surface area contributed by atoms with Crippen molar-refractivity contribution in [3.8, 4) is 5.75 Å². The molecule has 2 aromatic rings. The van der Waals surface area contributed by atoms with Crippen LogP contribution < -0.4 is 4.74 Å². The van der Waals surface area contributed by atoms with Crippen LogP contribution in [0.1, 0.15) is 37.0 Å². The first-order valence-corrected chi connectivity index (χ1v) is 8.69. The molecule has 3 nitrogen and oxygen atoms in total. The molecule has 0 bridgehead atoms. The van der Waals surface area contributed by atoms with Gasteiger partial charge in [0.1, 0.15) is 5.75 Å². The maximum atomic E-state index is 10.5. The molecule has 1 heterocycles. The van der Waals surface area contributed by atoms with Crippen LogP contribution in [0.3, 0.4) is 0 Å². The fourth-order valence-electron chi connectivity index (χ4n) is 3.49. The lowest BCUT2D eigenvalue weighted by Gasteiger charge is -2.39. The van der Waals surface area contributed by atoms with Gasteiger partial charge in [0, 0.05) is 11.5 Å². The summed E-state index contributed by atoms with van der Waals surface area (Å²) in [6, 6.07) is 18.4. The summed E-state index contributed by atoms with van der Waals surface area (Å²) >= 11 is 0. The van der Waals surface area contributed by atoms with E-state index in [1.807, 2.05) is 30.3 Å². The number of aliphatic hydroxyl groups is 1. The first-order valence-electron chi connectivity index (χ1n) is 8.69. The van der Waals surface area contributed by atoms with Crippen molar-refractivity contribution in [2.24, 2.45) is 5.92 Å². The van der Waals surface area contributed by atoms with Crippen LogP contribution in [-0.2, 0) is 11.2 Å². The van der Waals surface area contributed by atoms with Crippen molar-refractivity contribution in [3.05, 3.63) is 65.7 Å². The van der Waals surface area contributed by atoms with Crippen molar-refractivity contribution in [1.82, 2.24) is 0 Å². The van der Waals surface area contributed by atoms with Crippen molar-refractivity contribution < 1.29 is 14.6 Å². The molecule has 1 fully saturated rings. The summed E-state index contributed by atoms with van der Waals surface area (Å²) in [4.78, 5) is 0. The molecule has 0 spiro atoms. The van der Waals surface area contributed by atoms with E-state index in [9.17, 15) is 5.11 Å². The van der Waals surface area contributed by atoms with Gasteiger partial charge in [-0.25, -0.2) is 0 Å². The molecule has 24 heavy (non-hydrogen) atoms. The van der Waals surface area contributed by atoms with Crippen LogP contribution in [0.4, 0.5) is 0 Å². The lowest BCUT2D eigenvalue weighted by Crippen LogP contribution is -2.38. The second-order valence-corrected chi connectivity index (χ2v) is 6.61. The second kappa shape index (κ2) is 7.82. The molecule has 1 N–H and O–H groups in total. The van der Waals surface area contributed by atoms with Gasteiger partial charge < -0.3 is 14.6 Å². The number of para-hydroxylation sites is 1. The molecule has 4 atom stereocenters. The average Bonchev–Trinajstić information content (AvgIpc) is 2.63. The van der Waals surface area contributed by atoms with E-state index in [0.29, 0.717) is 6.42 Å². The summed E-state index contributed by atoms with van der Waals surface area (Å²) in [7, 11) is 1.68. The molecule has 1 aliphatic heterocycles. The largest absolute Gasteiger partial charge is 0.496 e. The van der Waals surface area contributed by atoms with E-state index >= 15 is 0 Å². The molecule has 0 unspecified atom stereocenters. The fraction of sp³-hybridized carbons (Fsp3) is 0.429. The van der Waals surface area contributed by atoms with Crippen LogP contribution in [0, 0.1) is 5.92 Å². The molecule has 0 saturated carbocycles. The van der Waals surface area contributed by atoms with Crippen molar-refractivity contribution in [2.75, 3.05) is 7.11 Å². The second-order valence-electron chi connectivity index (χ2n) is 6.61. The Morgan fingerprint density at radius 2 is 1.79 bits per heavy atom. The highest BCUT2D eigenvalue weighted by atomic mass is 16.5. The smallest absolute Gasteiger partial charge is 0.124 e. The SMILES string of the molecule is COc1ccccc1[C@@H]1O[C@H](CCc2ccccc2)C[C@H](O)[C@H]1C. The van der Waals surface area contributed by atoms with Crippen LogP contribution in [-0.4, -0.2) is 24.4 Å². The van der Waals surface area contributed by atoms with Gasteiger partial charge in [0.15, 0.2) is 0 Å². The van der Waals surface area contributed by atoms with Gasteiger partial charge in [0.2, 0.25) is 0 Å². The quantitative estimate of drug-likeness (QED) is 0.897. The number of benzene rings is 2.